The zero-order valence-corrected chi connectivity index (χ0v) is 12.5. The number of rotatable bonds is 3. The second-order valence-corrected chi connectivity index (χ2v) is 5.61. The van der Waals surface area contributed by atoms with Gasteiger partial charge in [-0.2, -0.15) is 0 Å². The van der Waals surface area contributed by atoms with Crippen LogP contribution in [0.2, 0.25) is 0 Å². The number of aryl methyl sites for hydroxylation is 1. The molecule has 1 heterocycles. The molecule has 0 amide bonds. The van der Waals surface area contributed by atoms with E-state index >= 15 is 0 Å². The summed E-state index contributed by atoms with van der Waals surface area (Å²) in [6.07, 6.45) is 2.26. The summed E-state index contributed by atoms with van der Waals surface area (Å²) in [5.74, 6) is 0.778. The fourth-order valence-corrected chi connectivity index (χ4v) is 3.04. The molecule has 0 saturated heterocycles. The molecule has 1 N–H and O–H groups in total. The van der Waals surface area contributed by atoms with Gasteiger partial charge in [-0.25, -0.2) is 0 Å². The van der Waals surface area contributed by atoms with E-state index in [4.69, 9.17) is 4.74 Å². The van der Waals surface area contributed by atoms with Crippen molar-refractivity contribution in [1.82, 2.24) is 0 Å². The van der Waals surface area contributed by atoms with Gasteiger partial charge in [0.1, 0.15) is 0 Å². The number of ether oxygens (including phenoxy) is 1. The maximum atomic E-state index is 10.3. The maximum absolute atomic E-state index is 10.3. The van der Waals surface area contributed by atoms with Gasteiger partial charge in [0.05, 0.1) is 7.11 Å². The van der Waals surface area contributed by atoms with Crippen LogP contribution in [-0.2, 0) is 13.0 Å². The van der Waals surface area contributed by atoms with Crippen molar-refractivity contribution in [1.29, 1.82) is 0 Å². The van der Waals surface area contributed by atoms with E-state index in [1.54, 1.807) is 13.2 Å². The highest BCUT2D eigenvalue weighted by Gasteiger charge is 2.23. The van der Waals surface area contributed by atoms with Crippen LogP contribution >= 0.6 is 0 Å². The highest BCUT2D eigenvalue weighted by molar-refractivity contribution is 5.58. The lowest BCUT2D eigenvalue weighted by atomic mass is 9.96. The molecule has 0 saturated carbocycles. The van der Waals surface area contributed by atoms with E-state index < -0.39 is 0 Å². The predicted octanol–water partition coefficient (Wildman–Crippen LogP) is 3.74. The zero-order valence-electron chi connectivity index (χ0n) is 12.5. The van der Waals surface area contributed by atoms with Crippen LogP contribution in [0.15, 0.2) is 42.5 Å². The van der Waals surface area contributed by atoms with Crippen LogP contribution in [0.1, 0.15) is 24.5 Å². The molecule has 2 aromatic carbocycles. The average molecular weight is 283 g/mol. The van der Waals surface area contributed by atoms with Gasteiger partial charge in [0, 0.05) is 23.8 Å². The summed E-state index contributed by atoms with van der Waals surface area (Å²) in [6.45, 7) is 2.94. The Balaban J connectivity index is 1.94. The molecule has 3 heteroatoms. The Morgan fingerprint density at radius 2 is 2.00 bits per heavy atom. The van der Waals surface area contributed by atoms with Crippen molar-refractivity contribution in [3.05, 3.63) is 53.6 Å². The van der Waals surface area contributed by atoms with Gasteiger partial charge in [-0.3, -0.25) is 0 Å². The molecule has 1 atom stereocenters. The fraction of sp³-hybridized carbons (Fsp3) is 0.333. The van der Waals surface area contributed by atoms with Crippen LogP contribution in [-0.4, -0.2) is 18.3 Å². The molecular weight excluding hydrogens is 262 g/mol. The SMILES string of the molecule is COc1cccc(CN2c3ccccc3CCC2C)c1O. The van der Waals surface area contributed by atoms with Crippen LogP contribution in [0.5, 0.6) is 11.5 Å². The summed E-state index contributed by atoms with van der Waals surface area (Å²) in [6, 6.07) is 14.7. The van der Waals surface area contributed by atoms with Crippen molar-refractivity contribution in [3.8, 4) is 11.5 Å². The molecule has 0 radical (unpaired) electrons. The zero-order chi connectivity index (χ0) is 14.8. The van der Waals surface area contributed by atoms with Crippen molar-refractivity contribution < 1.29 is 9.84 Å². The minimum Gasteiger partial charge on any atom is -0.504 e. The lowest BCUT2D eigenvalue weighted by Crippen LogP contribution is -2.36. The third-order valence-corrected chi connectivity index (χ3v) is 4.31. The standard InChI is InChI=1S/C18H21NO2/c1-13-10-11-14-6-3-4-8-16(14)19(13)12-15-7-5-9-17(21-2)18(15)20/h3-9,13,20H,10-12H2,1-2H3. The Kier molecular flexibility index (Phi) is 3.74. The van der Waals surface area contributed by atoms with Crippen LogP contribution in [0.4, 0.5) is 5.69 Å². The Labute approximate surface area is 125 Å². The normalized spacial score (nSPS) is 17.4. The number of benzene rings is 2. The third kappa shape index (κ3) is 2.56. The van der Waals surface area contributed by atoms with Crippen molar-refractivity contribution in [2.75, 3.05) is 12.0 Å². The fourth-order valence-electron chi connectivity index (χ4n) is 3.04. The molecule has 0 fully saturated rings. The number of phenolic OH excluding ortho intramolecular Hbond substituents is 1. The first kappa shape index (κ1) is 13.8. The minimum atomic E-state index is 0.246. The molecule has 21 heavy (non-hydrogen) atoms. The summed E-state index contributed by atoms with van der Waals surface area (Å²) in [4.78, 5) is 2.37. The first-order chi connectivity index (χ1) is 10.2. The number of para-hydroxylation sites is 2. The van der Waals surface area contributed by atoms with E-state index in [9.17, 15) is 5.11 Å². The molecular formula is C18H21NO2. The van der Waals surface area contributed by atoms with Crippen molar-refractivity contribution in [2.24, 2.45) is 0 Å². The van der Waals surface area contributed by atoms with Crippen LogP contribution in [0, 0.1) is 0 Å². The van der Waals surface area contributed by atoms with Gasteiger partial charge in [-0.1, -0.05) is 30.3 Å². The molecule has 0 aromatic heterocycles. The Hall–Kier alpha value is -2.16. The number of hydrogen-bond acceptors (Lipinski definition) is 3. The minimum absolute atomic E-state index is 0.246. The summed E-state index contributed by atoms with van der Waals surface area (Å²) in [5.41, 5.74) is 3.56. The summed E-state index contributed by atoms with van der Waals surface area (Å²) in [7, 11) is 1.58. The van der Waals surface area contributed by atoms with E-state index in [2.05, 4.69) is 36.1 Å². The average Bonchev–Trinajstić information content (AvgIpc) is 2.52. The van der Waals surface area contributed by atoms with Crippen LogP contribution < -0.4 is 9.64 Å². The Morgan fingerprint density at radius 3 is 2.81 bits per heavy atom. The molecule has 0 spiro atoms. The molecule has 1 aliphatic rings. The smallest absolute Gasteiger partial charge is 0.162 e. The number of methoxy groups -OCH3 is 1. The Bertz CT molecular complexity index is 639. The van der Waals surface area contributed by atoms with E-state index in [0.717, 1.165) is 18.4 Å². The molecule has 2 aromatic rings. The monoisotopic (exact) mass is 283 g/mol. The molecule has 3 nitrogen and oxygen atoms in total. The van der Waals surface area contributed by atoms with Gasteiger partial charge in [0.15, 0.2) is 11.5 Å². The molecule has 1 aliphatic heterocycles. The molecule has 0 bridgehead atoms. The van der Waals surface area contributed by atoms with E-state index in [-0.39, 0.29) is 5.75 Å². The molecule has 110 valence electrons. The first-order valence-corrected chi connectivity index (χ1v) is 7.40. The first-order valence-electron chi connectivity index (χ1n) is 7.40. The lowest BCUT2D eigenvalue weighted by molar-refractivity contribution is 0.370. The quantitative estimate of drug-likeness (QED) is 0.931. The van der Waals surface area contributed by atoms with Crippen molar-refractivity contribution in [3.63, 3.8) is 0 Å². The number of nitrogens with zero attached hydrogens (tertiary/aromatic N) is 1. The van der Waals surface area contributed by atoms with Gasteiger partial charge in [0.2, 0.25) is 0 Å². The molecule has 0 aliphatic carbocycles. The number of hydrogen-bond donors (Lipinski definition) is 1. The summed E-state index contributed by atoms with van der Waals surface area (Å²) in [5, 5.41) is 10.3. The van der Waals surface area contributed by atoms with Gasteiger partial charge < -0.3 is 14.7 Å². The van der Waals surface area contributed by atoms with Crippen LogP contribution in [0.3, 0.4) is 0 Å². The molecule has 1 unspecified atom stereocenters. The highest BCUT2D eigenvalue weighted by Crippen LogP contribution is 2.35. The second-order valence-electron chi connectivity index (χ2n) is 5.61. The van der Waals surface area contributed by atoms with E-state index in [0.29, 0.717) is 18.3 Å². The number of anilines is 1. The topological polar surface area (TPSA) is 32.7 Å². The van der Waals surface area contributed by atoms with Gasteiger partial charge in [0.25, 0.3) is 0 Å². The highest BCUT2D eigenvalue weighted by atomic mass is 16.5. The largest absolute Gasteiger partial charge is 0.504 e. The van der Waals surface area contributed by atoms with E-state index in [1.165, 1.54) is 11.3 Å². The van der Waals surface area contributed by atoms with Gasteiger partial charge in [-0.15, -0.1) is 0 Å². The van der Waals surface area contributed by atoms with Gasteiger partial charge in [-0.05, 0) is 37.5 Å². The van der Waals surface area contributed by atoms with Gasteiger partial charge >= 0.3 is 0 Å². The third-order valence-electron chi connectivity index (χ3n) is 4.31. The predicted molar refractivity (Wildman–Crippen MR) is 85.1 cm³/mol. The number of phenols is 1. The number of fused-ring (bicyclic) bond motifs is 1. The Morgan fingerprint density at radius 1 is 1.19 bits per heavy atom. The maximum Gasteiger partial charge on any atom is 0.162 e. The van der Waals surface area contributed by atoms with Crippen LogP contribution in [0.25, 0.3) is 0 Å². The van der Waals surface area contributed by atoms with E-state index in [1.807, 2.05) is 12.1 Å². The second kappa shape index (κ2) is 5.68. The van der Waals surface area contributed by atoms with Crippen molar-refractivity contribution in [2.45, 2.75) is 32.4 Å². The lowest BCUT2D eigenvalue weighted by Gasteiger charge is -2.37. The van der Waals surface area contributed by atoms with Crippen molar-refractivity contribution >= 4 is 5.69 Å². The summed E-state index contributed by atoms with van der Waals surface area (Å²) >= 11 is 0. The summed E-state index contributed by atoms with van der Waals surface area (Å²) < 4.78 is 5.20. The number of aromatic hydroxyl groups is 1. The molecule has 3 rings (SSSR count).